The largest absolute Gasteiger partial charge is 0.481 e. The monoisotopic (exact) mass is 170 g/mol. The van der Waals surface area contributed by atoms with Gasteiger partial charge in [-0.25, -0.2) is 0 Å². The van der Waals surface area contributed by atoms with Crippen molar-refractivity contribution in [1.29, 1.82) is 0 Å². The molecule has 0 fully saturated rings. The summed E-state index contributed by atoms with van der Waals surface area (Å²) in [4.78, 5) is 10.6. The van der Waals surface area contributed by atoms with Gasteiger partial charge < -0.3 is 10.2 Å². The molecule has 0 aromatic heterocycles. The van der Waals surface area contributed by atoms with E-state index in [-0.39, 0.29) is 0 Å². The lowest BCUT2D eigenvalue weighted by Crippen LogP contribution is -2.39. The molecule has 0 saturated carbocycles. The van der Waals surface area contributed by atoms with Crippen LogP contribution in [0.5, 0.6) is 0 Å². The summed E-state index contributed by atoms with van der Waals surface area (Å²) >= 11 is 0. The quantitative estimate of drug-likeness (QED) is 0.612. The van der Waals surface area contributed by atoms with Gasteiger partial charge in [0.1, 0.15) is 0 Å². The van der Waals surface area contributed by atoms with Gasteiger partial charge >= 0.3 is 5.97 Å². The maximum atomic E-state index is 10.6. The molecule has 0 aromatic rings. The zero-order chi connectivity index (χ0) is 9.19. The maximum absolute atomic E-state index is 10.6. The fourth-order valence-corrected chi connectivity index (χ4v) is 1.45. The summed E-state index contributed by atoms with van der Waals surface area (Å²) < 4.78 is 0. The second-order valence-electron chi connectivity index (χ2n) is 3.35. The number of aliphatic hydroxyl groups is 1. The Morgan fingerprint density at radius 2 is 2.33 bits per heavy atom. The Morgan fingerprint density at radius 1 is 1.67 bits per heavy atom. The first kappa shape index (κ1) is 9.26. The van der Waals surface area contributed by atoms with Crippen molar-refractivity contribution in [3.63, 3.8) is 0 Å². The van der Waals surface area contributed by atoms with Crippen LogP contribution in [0.2, 0.25) is 0 Å². The zero-order valence-corrected chi connectivity index (χ0v) is 7.16. The van der Waals surface area contributed by atoms with E-state index in [2.05, 4.69) is 0 Å². The lowest BCUT2D eigenvalue weighted by molar-refractivity contribution is -0.148. The molecule has 0 amide bonds. The highest BCUT2D eigenvalue weighted by Gasteiger charge is 2.36. The van der Waals surface area contributed by atoms with Crippen LogP contribution in [0.3, 0.4) is 0 Å². The summed E-state index contributed by atoms with van der Waals surface area (Å²) in [6.45, 7) is 1.54. The standard InChI is InChI=1S/C9H14O3/c1-7(8(10)11)9(12)5-3-2-4-6-9/h3,5,7,12H,2,4,6H2,1H3,(H,10,11). The minimum Gasteiger partial charge on any atom is -0.481 e. The molecule has 0 bridgehead atoms. The maximum Gasteiger partial charge on any atom is 0.309 e. The Kier molecular flexibility index (Phi) is 2.52. The Hall–Kier alpha value is -0.830. The molecule has 0 radical (unpaired) electrons. The minimum absolute atomic E-state index is 0.553. The lowest BCUT2D eigenvalue weighted by atomic mass is 9.81. The number of allylic oxidation sites excluding steroid dienone is 1. The van der Waals surface area contributed by atoms with E-state index in [1.54, 1.807) is 6.08 Å². The minimum atomic E-state index is -1.12. The van der Waals surface area contributed by atoms with Gasteiger partial charge in [0.25, 0.3) is 0 Å². The van der Waals surface area contributed by atoms with Crippen LogP contribution in [-0.2, 0) is 4.79 Å². The molecule has 2 unspecified atom stereocenters. The van der Waals surface area contributed by atoms with Crippen LogP contribution in [0.15, 0.2) is 12.2 Å². The molecular formula is C9H14O3. The third kappa shape index (κ3) is 1.67. The van der Waals surface area contributed by atoms with Crippen LogP contribution in [0.1, 0.15) is 26.2 Å². The normalized spacial score (nSPS) is 31.5. The molecule has 0 saturated heterocycles. The molecule has 0 aromatic carbocycles. The highest BCUT2D eigenvalue weighted by Crippen LogP contribution is 2.29. The number of hydrogen-bond acceptors (Lipinski definition) is 2. The van der Waals surface area contributed by atoms with E-state index in [0.29, 0.717) is 6.42 Å². The molecule has 1 rings (SSSR count). The lowest BCUT2D eigenvalue weighted by Gasteiger charge is -2.30. The van der Waals surface area contributed by atoms with E-state index in [1.807, 2.05) is 6.08 Å². The van der Waals surface area contributed by atoms with Crippen LogP contribution in [0, 0.1) is 5.92 Å². The van der Waals surface area contributed by atoms with Gasteiger partial charge in [-0.2, -0.15) is 0 Å². The molecule has 68 valence electrons. The first-order valence-electron chi connectivity index (χ1n) is 4.19. The van der Waals surface area contributed by atoms with Crippen LogP contribution < -0.4 is 0 Å². The van der Waals surface area contributed by atoms with Crippen molar-refractivity contribution in [3.8, 4) is 0 Å². The second-order valence-corrected chi connectivity index (χ2v) is 3.35. The van der Waals surface area contributed by atoms with Crippen molar-refractivity contribution in [2.24, 2.45) is 5.92 Å². The van der Waals surface area contributed by atoms with Crippen LogP contribution in [0.25, 0.3) is 0 Å². The van der Waals surface area contributed by atoms with Crippen molar-refractivity contribution in [3.05, 3.63) is 12.2 Å². The third-order valence-corrected chi connectivity index (χ3v) is 2.47. The van der Waals surface area contributed by atoms with E-state index in [1.165, 1.54) is 6.92 Å². The van der Waals surface area contributed by atoms with Gasteiger partial charge in [0.15, 0.2) is 0 Å². The van der Waals surface area contributed by atoms with Gasteiger partial charge in [-0.05, 0) is 26.2 Å². The van der Waals surface area contributed by atoms with Crippen molar-refractivity contribution in [2.45, 2.75) is 31.8 Å². The van der Waals surface area contributed by atoms with Crippen molar-refractivity contribution < 1.29 is 15.0 Å². The molecule has 12 heavy (non-hydrogen) atoms. The van der Waals surface area contributed by atoms with Crippen molar-refractivity contribution in [1.82, 2.24) is 0 Å². The van der Waals surface area contributed by atoms with E-state index < -0.39 is 17.5 Å². The first-order valence-corrected chi connectivity index (χ1v) is 4.19. The number of aliphatic carboxylic acids is 1. The van der Waals surface area contributed by atoms with E-state index in [9.17, 15) is 9.90 Å². The molecule has 0 heterocycles. The fourth-order valence-electron chi connectivity index (χ4n) is 1.45. The first-order chi connectivity index (χ1) is 5.56. The molecule has 3 nitrogen and oxygen atoms in total. The van der Waals surface area contributed by atoms with Crippen molar-refractivity contribution in [2.75, 3.05) is 0 Å². The summed E-state index contributed by atoms with van der Waals surface area (Å²) in [6.07, 6.45) is 5.83. The molecule has 2 atom stereocenters. The van der Waals surface area contributed by atoms with Gasteiger partial charge in [-0.1, -0.05) is 12.2 Å². The fraction of sp³-hybridized carbons (Fsp3) is 0.667. The van der Waals surface area contributed by atoms with Gasteiger partial charge in [0, 0.05) is 0 Å². The smallest absolute Gasteiger partial charge is 0.309 e. The molecule has 3 heteroatoms. The molecule has 0 spiro atoms. The predicted octanol–water partition coefficient (Wildman–Crippen LogP) is 1.18. The van der Waals surface area contributed by atoms with Gasteiger partial charge in [-0.15, -0.1) is 0 Å². The van der Waals surface area contributed by atoms with E-state index in [4.69, 9.17) is 5.11 Å². The van der Waals surface area contributed by atoms with Crippen molar-refractivity contribution >= 4 is 5.97 Å². The summed E-state index contributed by atoms with van der Waals surface area (Å²) in [5, 5.41) is 18.5. The average molecular weight is 170 g/mol. The average Bonchev–Trinajstić information content (AvgIpc) is 2.04. The highest BCUT2D eigenvalue weighted by molar-refractivity contribution is 5.71. The summed E-state index contributed by atoms with van der Waals surface area (Å²) in [5.41, 5.74) is -1.12. The molecular weight excluding hydrogens is 156 g/mol. The Morgan fingerprint density at radius 3 is 2.75 bits per heavy atom. The van der Waals surface area contributed by atoms with Gasteiger partial charge in [-0.3, -0.25) is 4.79 Å². The number of carbonyl (C=O) groups is 1. The Bertz CT molecular complexity index is 210. The molecule has 1 aliphatic rings. The highest BCUT2D eigenvalue weighted by atomic mass is 16.4. The van der Waals surface area contributed by atoms with Gasteiger partial charge in [0.05, 0.1) is 11.5 Å². The third-order valence-electron chi connectivity index (χ3n) is 2.47. The second kappa shape index (κ2) is 3.27. The number of carboxylic acid groups (broad SMARTS) is 1. The Labute approximate surface area is 71.7 Å². The summed E-state index contributed by atoms with van der Waals surface area (Å²) in [6, 6.07) is 0. The van der Waals surface area contributed by atoms with E-state index in [0.717, 1.165) is 12.8 Å². The molecule has 1 aliphatic carbocycles. The summed E-state index contributed by atoms with van der Waals surface area (Å²) in [7, 11) is 0. The summed E-state index contributed by atoms with van der Waals surface area (Å²) in [5.74, 6) is -1.65. The van der Waals surface area contributed by atoms with Crippen LogP contribution >= 0.6 is 0 Å². The van der Waals surface area contributed by atoms with Gasteiger partial charge in [0.2, 0.25) is 0 Å². The topological polar surface area (TPSA) is 57.5 Å². The van der Waals surface area contributed by atoms with E-state index >= 15 is 0 Å². The number of hydrogen-bond donors (Lipinski definition) is 2. The Balaban J connectivity index is 2.75. The molecule has 0 aliphatic heterocycles. The molecule has 2 N–H and O–H groups in total. The zero-order valence-electron chi connectivity index (χ0n) is 7.16. The van der Waals surface area contributed by atoms with Crippen LogP contribution in [0.4, 0.5) is 0 Å². The number of carboxylic acids is 1. The number of rotatable bonds is 2. The SMILES string of the molecule is CC(C(=O)O)C1(O)C=CCCC1. The predicted molar refractivity (Wildman–Crippen MR) is 44.7 cm³/mol. The van der Waals surface area contributed by atoms with Crippen LogP contribution in [-0.4, -0.2) is 21.8 Å².